The first-order chi connectivity index (χ1) is 6.29. The molecule has 0 saturated carbocycles. The maximum atomic E-state index is 10.7. The van der Waals surface area contributed by atoms with Gasteiger partial charge in [-0.1, -0.05) is 0 Å². The summed E-state index contributed by atoms with van der Waals surface area (Å²) in [6.07, 6.45) is 0. The van der Waals surface area contributed by atoms with Crippen molar-refractivity contribution in [1.82, 2.24) is 20.2 Å². The fourth-order valence-electron chi connectivity index (χ4n) is 0.905. The lowest BCUT2D eigenvalue weighted by Gasteiger charge is -1.85. The molecule has 0 fully saturated rings. The number of thiazole rings is 1. The van der Waals surface area contributed by atoms with Crippen LogP contribution in [0.4, 0.5) is 0 Å². The van der Waals surface area contributed by atoms with Gasteiger partial charge in [0.1, 0.15) is 10.7 Å². The number of H-pyrrole nitrogens is 2. The van der Waals surface area contributed by atoms with Crippen molar-refractivity contribution in [2.75, 3.05) is 0 Å². The summed E-state index contributed by atoms with van der Waals surface area (Å²) in [7, 11) is 0. The van der Waals surface area contributed by atoms with Crippen LogP contribution in [-0.2, 0) is 6.54 Å². The molecule has 0 aliphatic rings. The molecule has 68 valence electrons. The number of nitrogens with one attached hydrogen (secondary N) is 2. The van der Waals surface area contributed by atoms with Crippen molar-refractivity contribution in [2.45, 2.75) is 6.54 Å². The fourth-order valence-corrected chi connectivity index (χ4v) is 1.56. The first kappa shape index (κ1) is 8.14. The second-order valence-corrected chi connectivity index (χ2v) is 3.30. The van der Waals surface area contributed by atoms with Crippen molar-refractivity contribution in [1.29, 1.82) is 0 Å². The lowest BCUT2D eigenvalue weighted by molar-refractivity contribution is 1.03. The summed E-state index contributed by atoms with van der Waals surface area (Å²) in [5.41, 5.74) is 5.70. The zero-order valence-corrected chi connectivity index (χ0v) is 7.39. The third-order valence-corrected chi connectivity index (χ3v) is 2.34. The minimum Gasteiger partial charge on any atom is -0.325 e. The van der Waals surface area contributed by atoms with Gasteiger partial charge >= 0.3 is 5.69 Å². The molecule has 0 saturated heterocycles. The van der Waals surface area contributed by atoms with Crippen molar-refractivity contribution < 1.29 is 0 Å². The minimum atomic E-state index is -0.336. The van der Waals surface area contributed by atoms with Crippen LogP contribution in [-0.4, -0.2) is 20.2 Å². The first-order valence-electron chi connectivity index (χ1n) is 3.59. The molecular weight excluding hydrogens is 190 g/mol. The Morgan fingerprint density at radius 1 is 1.62 bits per heavy atom. The van der Waals surface area contributed by atoms with E-state index in [0.29, 0.717) is 18.1 Å². The number of nitrogens with two attached hydrogens (primary N) is 1. The van der Waals surface area contributed by atoms with Crippen molar-refractivity contribution in [3.8, 4) is 11.5 Å². The molecule has 0 atom stereocenters. The number of hydrogen-bond donors (Lipinski definition) is 3. The molecule has 2 aromatic heterocycles. The van der Waals surface area contributed by atoms with Crippen LogP contribution < -0.4 is 11.4 Å². The molecular formula is C6H7N5OS. The predicted molar refractivity (Wildman–Crippen MR) is 48.2 cm³/mol. The molecule has 7 heteroatoms. The Balaban J connectivity index is 2.40. The fraction of sp³-hybridized carbons (Fsp3) is 0.167. The van der Waals surface area contributed by atoms with E-state index in [0.717, 1.165) is 5.01 Å². The highest BCUT2D eigenvalue weighted by molar-refractivity contribution is 7.09. The molecule has 2 heterocycles. The van der Waals surface area contributed by atoms with Gasteiger partial charge in [0.05, 0.1) is 0 Å². The highest BCUT2D eigenvalue weighted by Crippen LogP contribution is 2.16. The Kier molecular flexibility index (Phi) is 1.95. The summed E-state index contributed by atoms with van der Waals surface area (Å²) >= 11 is 1.44. The maximum absolute atomic E-state index is 10.7. The minimum absolute atomic E-state index is 0.336. The second-order valence-electron chi connectivity index (χ2n) is 2.36. The van der Waals surface area contributed by atoms with E-state index >= 15 is 0 Å². The van der Waals surface area contributed by atoms with Gasteiger partial charge in [0, 0.05) is 11.9 Å². The Labute approximate surface area is 76.8 Å². The number of aromatic amines is 2. The Morgan fingerprint density at radius 3 is 3.00 bits per heavy atom. The highest BCUT2D eigenvalue weighted by Gasteiger charge is 2.06. The summed E-state index contributed by atoms with van der Waals surface area (Å²) in [6.45, 7) is 0.402. The maximum Gasteiger partial charge on any atom is 0.340 e. The summed E-state index contributed by atoms with van der Waals surface area (Å²) in [5.74, 6) is 0.445. The smallest absolute Gasteiger partial charge is 0.325 e. The van der Waals surface area contributed by atoms with Crippen molar-refractivity contribution >= 4 is 11.3 Å². The average molecular weight is 197 g/mol. The van der Waals surface area contributed by atoms with E-state index in [4.69, 9.17) is 5.73 Å². The third-order valence-electron chi connectivity index (χ3n) is 1.47. The topological polar surface area (TPSA) is 100 Å². The van der Waals surface area contributed by atoms with E-state index in [2.05, 4.69) is 20.2 Å². The summed E-state index contributed by atoms with van der Waals surface area (Å²) in [6, 6.07) is 0. The van der Waals surface area contributed by atoms with Crippen LogP contribution in [0, 0.1) is 0 Å². The molecule has 2 rings (SSSR count). The molecule has 0 amide bonds. The standard InChI is InChI=1S/C6H7N5OS/c7-1-4-8-3(2-13-4)5-9-6(12)11-10-5/h2H,1,7H2,(H2,9,10,11,12). The molecule has 0 bridgehead atoms. The Hall–Kier alpha value is -1.47. The van der Waals surface area contributed by atoms with Gasteiger partial charge in [-0.15, -0.1) is 11.3 Å². The average Bonchev–Trinajstić information content (AvgIpc) is 2.71. The summed E-state index contributed by atoms with van der Waals surface area (Å²) in [5, 5.41) is 8.63. The summed E-state index contributed by atoms with van der Waals surface area (Å²) in [4.78, 5) is 17.4. The number of hydrogen-bond acceptors (Lipinski definition) is 5. The van der Waals surface area contributed by atoms with Crippen LogP contribution >= 0.6 is 11.3 Å². The van der Waals surface area contributed by atoms with E-state index in [1.165, 1.54) is 11.3 Å². The molecule has 0 aliphatic carbocycles. The predicted octanol–water partition coefficient (Wildman–Crippen LogP) is -0.320. The van der Waals surface area contributed by atoms with E-state index < -0.39 is 0 Å². The largest absolute Gasteiger partial charge is 0.340 e. The van der Waals surface area contributed by atoms with Crippen molar-refractivity contribution in [2.24, 2.45) is 5.73 Å². The zero-order chi connectivity index (χ0) is 9.26. The van der Waals surface area contributed by atoms with Gasteiger partial charge in [0.2, 0.25) is 0 Å². The lowest BCUT2D eigenvalue weighted by Crippen LogP contribution is -2.00. The van der Waals surface area contributed by atoms with Gasteiger partial charge in [0.25, 0.3) is 0 Å². The molecule has 13 heavy (non-hydrogen) atoms. The third kappa shape index (κ3) is 1.51. The molecule has 4 N–H and O–H groups in total. The van der Waals surface area contributed by atoms with Crippen LogP contribution in [0.2, 0.25) is 0 Å². The lowest BCUT2D eigenvalue weighted by atomic mass is 10.5. The SMILES string of the molecule is NCc1nc(-c2n[nH]c(=O)[nH]2)cs1. The summed E-state index contributed by atoms with van der Waals surface area (Å²) < 4.78 is 0. The van der Waals surface area contributed by atoms with Gasteiger partial charge in [-0.2, -0.15) is 5.10 Å². The Bertz CT molecular complexity index is 455. The highest BCUT2D eigenvalue weighted by atomic mass is 32.1. The van der Waals surface area contributed by atoms with Crippen LogP contribution in [0.1, 0.15) is 5.01 Å². The second kappa shape index (κ2) is 3.11. The van der Waals surface area contributed by atoms with Crippen LogP contribution in [0.5, 0.6) is 0 Å². The van der Waals surface area contributed by atoms with E-state index in [1.54, 1.807) is 5.38 Å². The van der Waals surface area contributed by atoms with E-state index in [-0.39, 0.29) is 5.69 Å². The van der Waals surface area contributed by atoms with Crippen LogP contribution in [0.25, 0.3) is 11.5 Å². The first-order valence-corrected chi connectivity index (χ1v) is 4.47. The quantitative estimate of drug-likeness (QED) is 0.614. The normalized spacial score (nSPS) is 10.5. The van der Waals surface area contributed by atoms with Crippen LogP contribution in [0.3, 0.4) is 0 Å². The molecule has 0 unspecified atom stereocenters. The van der Waals surface area contributed by atoms with Gasteiger partial charge < -0.3 is 5.73 Å². The van der Waals surface area contributed by atoms with E-state index in [1.807, 2.05) is 0 Å². The molecule has 6 nitrogen and oxygen atoms in total. The Morgan fingerprint density at radius 2 is 2.46 bits per heavy atom. The molecule has 0 aromatic carbocycles. The van der Waals surface area contributed by atoms with Crippen molar-refractivity contribution in [3.05, 3.63) is 20.9 Å². The molecule has 0 radical (unpaired) electrons. The van der Waals surface area contributed by atoms with Gasteiger partial charge in [-0.3, -0.25) is 4.98 Å². The zero-order valence-electron chi connectivity index (χ0n) is 6.57. The number of aromatic nitrogens is 4. The molecule has 0 spiro atoms. The van der Waals surface area contributed by atoms with Crippen LogP contribution in [0.15, 0.2) is 10.2 Å². The van der Waals surface area contributed by atoms with Gasteiger partial charge in [0.15, 0.2) is 5.82 Å². The number of nitrogens with zero attached hydrogens (tertiary/aromatic N) is 2. The van der Waals surface area contributed by atoms with E-state index in [9.17, 15) is 4.79 Å². The molecule has 2 aromatic rings. The monoisotopic (exact) mass is 197 g/mol. The number of rotatable bonds is 2. The van der Waals surface area contributed by atoms with Gasteiger partial charge in [-0.25, -0.2) is 14.9 Å². The van der Waals surface area contributed by atoms with Gasteiger partial charge in [-0.05, 0) is 0 Å². The molecule has 0 aliphatic heterocycles. The van der Waals surface area contributed by atoms with Crippen molar-refractivity contribution in [3.63, 3.8) is 0 Å².